The Morgan fingerprint density at radius 2 is 2.00 bits per heavy atom. The number of carbonyl (C=O) groups excluding carboxylic acids is 3. The van der Waals surface area contributed by atoms with E-state index in [-0.39, 0.29) is 25.2 Å². The lowest BCUT2D eigenvalue weighted by Gasteiger charge is -2.15. The molecule has 2 aromatic rings. The maximum atomic E-state index is 12.5. The number of nitrogens with zero attached hydrogens (tertiary/aromatic N) is 1. The van der Waals surface area contributed by atoms with Crippen molar-refractivity contribution in [2.24, 2.45) is 5.10 Å². The van der Waals surface area contributed by atoms with Crippen LogP contribution in [-0.4, -0.2) is 56.4 Å². The van der Waals surface area contributed by atoms with Gasteiger partial charge in [-0.25, -0.2) is 5.43 Å². The van der Waals surface area contributed by atoms with Gasteiger partial charge >= 0.3 is 11.8 Å². The number of amides is 3. The number of halogens is 1. The van der Waals surface area contributed by atoms with E-state index in [1.54, 1.807) is 12.1 Å². The Labute approximate surface area is 229 Å². The fourth-order valence-electron chi connectivity index (χ4n) is 3.58. The fraction of sp³-hybridized carbons (Fsp3) is 0.385. The van der Waals surface area contributed by atoms with Crippen LogP contribution in [0.15, 0.2) is 35.4 Å². The molecule has 0 saturated carbocycles. The van der Waals surface area contributed by atoms with Crippen LogP contribution in [0.25, 0.3) is 0 Å². The van der Waals surface area contributed by atoms with Crippen molar-refractivity contribution in [3.63, 3.8) is 0 Å². The monoisotopic (exact) mass is 622 g/mol. The smallest absolute Gasteiger partial charge is 0.329 e. The van der Waals surface area contributed by atoms with E-state index in [2.05, 4.69) is 43.8 Å². The summed E-state index contributed by atoms with van der Waals surface area (Å²) in [6.07, 6.45) is 3.15. The summed E-state index contributed by atoms with van der Waals surface area (Å²) in [5.74, 6) is -1.09. The van der Waals surface area contributed by atoms with E-state index in [9.17, 15) is 14.4 Å². The molecule has 198 valence electrons. The van der Waals surface area contributed by atoms with Gasteiger partial charge in [0, 0.05) is 18.8 Å². The molecule has 1 heterocycles. The molecule has 3 N–H and O–H groups in total. The van der Waals surface area contributed by atoms with E-state index in [1.165, 1.54) is 6.21 Å². The van der Waals surface area contributed by atoms with Gasteiger partial charge in [0.05, 0.1) is 22.5 Å². The number of carbonyl (C=O) groups is 3. The summed E-state index contributed by atoms with van der Waals surface area (Å²) in [5, 5.41) is 9.28. The number of benzene rings is 2. The van der Waals surface area contributed by atoms with Crippen LogP contribution in [0.3, 0.4) is 0 Å². The van der Waals surface area contributed by atoms with Gasteiger partial charge in [0.2, 0.25) is 0 Å². The van der Waals surface area contributed by atoms with Gasteiger partial charge < -0.3 is 24.8 Å². The van der Waals surface area contributed by atoms with Crippen LogP contribution >= 0.6 is 22.6 Å². The maximum absolute atomic E-state index is 12.5. The summed E-state index contributed by atoms with van der Waals surface area (Å²) < 4.78 is 17.6. The highest BCUT2D eigenvalue weighted by atomic mass is 127. The molecule has 0 spiro atoms. The molecule has 0 aliphatic carbocycles. The SMILES string of the molecule is CCOc1cc(/C=N\NC(=O)C(=O)NC[C@H]2CCCO2)cc(I)c1OCC(=O)Nc1cccc(C)c1C. The van der Waals surface area contributed by atoms with Gasteiger partial charge in [0.25, 0.3) is 5.91 Å². The molecule has 1 fully saturated rings. The van der Waals surface area contributed by atoms with E-state index in [0.717, 1.165) is 29.7 Å². The molecule has 1 atom stereocenters. The summed E-state index contributed by atoms with van der Waals surface area (Å²) in [4.78, 5) is 36.4. The number of ether oxygens (including phenoxy) is 3. The zero-order valence-corrected chi connectivity index (χ0v) is 23.2. The van der Waals surface area contributed by atoms with Crippen LogP contribution in [0, 0.1) is 17.4 Å². The van der Waals surface area contributed by atoms with Crippen molar-refractivity contribution < 1.29 is 28.6 Å². The van der Waals surface area contributed by atoms with Gasteiger partial charge in [-0.05, 0) is 91.1 Å². The van der Waals surface area contributed by atoms with E-state index in [0.29, 0.717) is 33.8 Å². The topological polar surface area (TPSA) is 127 Å². The van der Waals surface area contributed by atoms with Crippen molar-refractivity contribution in [1.82, 2.24) is 10.7 Å². The first-order valence-corrected chi connectivity index (χ1v) is 13.0. The number of aryl methyl sites for hydroxylation is 1. The number of anilines is 1. The lowest BCUT2D eigenvalue weighted by molar-refractivity contribution is -0.139. The number of hydrazone groups is 1. The van der Waals surface area contributed by atoms with Crippen molar-refractivity contribution in [2.75, 3.05) is 31.7 Å². The minimum atomic E-state index is -0.871. The minimum Gasteiger partial charge on any atom is -0.490 e. The second-order valence-electron chi connectivity index (χ2n) is 8.39. The van der Waals surface area contributed by atoms with Gasteiger partial charge in [0.1, 0.15) is 0 Å². The van der Waals surface area contributed by atoms with Gasteiger partial charge in [-0.3, -0.25) is 14.4 Å². The van der Waals surface area contributed by atoms with E-state index < -0.39 is 11.8 Å². The average Bonchev–Trinajstić information content (AvgIpc) is 3.39. The van der Waals surface area contributed by atoms with Gasteiger partial charge in [-0.2, -0.15) is 5.10 Å². The fourth-order valence-corrected chi connectivity index (χ4v) is 4.37. The second-order valence-corrected chi connectivity index (χ2v) is 9.55. The Morgan fingerprint density at radius 1 is 1.19 bits per heavy atom. The molecule has 37 heavy (non-hydrogen) atoms. The Bertz CT molecular complexity index is 1160. The van der Waals surface area contributed by atoms with E-state index >= 15 is 0 Å². The molecule has 3 rings (SSSR count). The predicted molar refractivity (Wildman–Crippen MR) is 148 cm³/mol. The van der Waals surface area contributed by atoms with E-state index in [1.807, 2.05) is 39.0 Å². The molecule has 0 aromatic heterocycles. The Balaban J connectivity index is 1.58. The van der Waals surface area contributed by atoms with Crippen LogP contribution < -0.4 is 25.5 Å². The largest absolute Gasteiger partial charge is 0.490 e. The molecule has 2 aromatic carbocycles. The summed E-state index contributed by atoms with van der Waals surface area (Å²) in [7, 11) is 0. The minimum absolute atomic E-state index is 0.0576. The Hall–Kier alpha value is -3.19. The normalized spacial score (nSPS) is 14.9. The standard InChI is InChI=1S/C26H31IN4O6/c1-4-35-22-12-18(13-29-31-26(34)25(33)28-14-19-8-6-10-36-19)11-20(27)24(22)37-15-23(32)30-21-9-5-7-16(2)17(21)3/h5,7,9,11-13,19H,4,6,8,10,14-15H2,1-3H3,(H,28,33)(H,30,32)(H,31,34)/b29-13-/t19-/m1/s1. The molecule has 0 bridgehead atoms. The summed E-state index contributed by atoms with van der Waals surface area (Å²) in [5.41, 5.74) is 5.64. The number of hydrogen-bond donors (Lipinski definition) is 3. The first-order valence-electron chi connectivity index (χ1n) is 12.0. The number of hydrogen-bond acceptors (Lipinski definition) is 7. The summed E-state index contributed by atoms with van der Waals surface area (Å²) in [6.45, 7) is 6.90. The average molecular weight is 622 g/mol. The highest BCUT2D eigenvalue weighted by molar-refractivity contribution is 14.1. The highest BCUT2D eigenvalue weighted by Crippen LogP contribution is 2.34. The van der Waals surface area contributed by atoms with Crippen LogP contribution in [0.2, 0.25) is 0 Å². The quantitative estimate of drug-likeness (QED) is 0.162. The molecule has 1 saturated heterocycles. The summed E-state index contributed by atoms with van der Waals surface area (Å²) >= 11 is 2.07. The van der Waals surface area contributed by atoms with Gasteiger partial charge in [-0.15, -0.1) is 0 Å². The van der Waals surface area contributed by atoms with Crippen LogP contribution in [0.4, 0.5) is 5.69 Å². The molecule has 0 unspecified atom stereocenters. The van der Waals surface area contributed by atoms with Gasteiger partial charge in [-0.1, -0.05) is 12.1 Å². The first kappa shape index (κ1) is 28.4. The first-order chi connectivity index (χ1) is 17.8. The van der Waals surface area contributed by atoms with E-state index in [4.69, 9.17) is 14.2 Å². The summed E-state index contributed by atoms with van der Waals surface area (Å²) in [6, 6.07) is 9.15. The highest BCUT2D eigenvalue weighted by Gasteiger charge is 2.19. The third kappa shape index (κ3) is 8.42. The van der Waals surface area contributed by atoms with Crippen LogP contribution in [0.1, 0.15) is 36.5 Å². The Morgan fingerprint density at radius 3 is 2.73 bits per heavy atom. The second kappa shape index (κ2) is 13.9. The molecular weight excluding hydrogens is 591 g/mol. The van der Waals surface area contributed by atoms with Crippen molar-refractivity contribution in [3.8, 4) is 11.5 Å². The zero-order valence-electron chi connectivity index (χ0n) is 21.1. The molecule has 0 radical (unpaired) electrons. The maximum Gasteiger partial charge on any atom is 0.329 e. The third-order valence-corrected chi connectivity index (χ3v) is 6.46. The molecular formula is C26H31IN4O6. The lowest BCUT2D eigenvalue weighted by Crippen LogP contribution is -2.41. The number of rotatable bonds is 10. The van der Waals surface area contributed by atoms with Gasteiger partial charge in [0.15, 0.2) is 18.1 Å². The lowest BCUT2D eigenvalue weighted by atomic mass is 10.1. The molecule has 1 aliphatic heterocycles. The third-order valence-electron chi connectivity index (χ3n) is 5.66. The molecule has 3 amide bonds. The molecule has 10 nitrogen and oxygen atoms in total. The van der Waals surface area contributed by atoms with Crippen molar-refractivity contribution in [1.29, 1.82) is 0 Å². The van der Waals surface area contributed by atoms with Crippen molar-refractivity contribution in [2.45, 2.75) is 39.7 Å². The molecule has 11 heteroatoms. The van der Waals surface area contributed by atoms with Crippen LogP contribution in [-0.2, 0) is 19.1 Å². The van der Waals surface area contributed by atoms with Crippen molar-refractivity contribution in [3.05, 3.63) is 50.6 Å². The molecule has 1 aliphatic rings. The number of nitrogens with one attached hydrogen (secondary N) is 3. The Kier molecular flexibility index (Phi) is 10.7. The van der Waals surface area contributed by atoms with Crippen LogP contribution in [0.5, 0.6) is 11.5 Å². The van der Waals surface area contributed by atoms with Crippen molar-refractivity contribution >= 4 is 52.2 Å². The predicted octanol–water partition coefficient (Wildman–Crippen LogP) is 3.07. The zero-order chi connectivity index (χ0) is 26.8.